The summed E-state index contributed by atoms with van der Waals surface area (Å²) < 4.78 is 35.0. The average Bonchev–Trinajstić information content (AvgIpc) is 3.39. The third-order valence-electron chi connectivity index (χ3n) is 5.19. The predicted molar refractivity (Wildman–Crippen MR) is 116 cm³/mol. The van der Waals surface area contributed by atoms with Crippen molar-refractivity contribution in [3.8, 4) is 0 Å². The van der Waals surface area contributed by atoms with Gasteiger partial charge in [-0.05, 0) is 31.5 Å². The summed E-state index contributed by atoms with van der Waals surface area (Å²) in [6.45, 7) is 4.35. The van der Waals surface area contributed by atoms with Gasteiger partial charge in [0.25, 0.3) is 5.78 Å². The number of hydrogen-bond donors (Lipinski definition) is 0. The highest BCUT2D eigenvalue weighted by atomic mass is 32.2. The molecule has 0 N–H and O–H groups in total. The summed E-state index contributed by atoms with van der Waals surface area (Å²) in [4.78, 5) is 25.7. The number of hydrogen-bond acceptors (Lipinski definition) is 8. The first kappa shape index (κ1) is 21.8. The van der Waals surface area contributed by atoms with Crippen LogP contribution in [0.5, 0.6) is 0 Å². The minimum atomic E-state index is -3.58. The zero-order chi connectivity index (χ0) is 23.0. The summed E-state index contributed by atoms with van der Waals surface area (Å²) in [6.07, 6.45) is 3.36. The Morgan fingerprint density at radius 3 is 2.66 bits per heavy atom. The van der Waals surface area contributed by atoms with Crippen LogP contribution in [0.3, 0.4) is 0 Å². The number of carbonyl (C=O) groups excluding carboxylic acids is 1. The van der Waals surface area contributed by atoms with Crippen LogP contribution in [0.4, 0.5) is 0 Å². The summed E-state index contributed by atoms with van der Waals surface area (Å²) in [5, 5.41) is 4.11. The van der Waals surface area contributed by atoms with Gasteiger partial charge in [-0.3, -0.25) is 0 Å². The number of sulfonamides is 1. The van der Waals surface area contributed by atoms with E-state index in [2.05, 4.69) is 20.1 Å². The molecule has 0 aliphatic rings. The molecule has 11 nitrogen and oxygen atoms in total. The molecule has 0 spiro atoms. The summed E-state index contributed by atoms with van der Waals surface area (Å²) in [5.74, 6) is 0.384. The minimum absolute atomic E-state index is 0.0737. The van der Waals surface area contributed by atoms with Crippen molar-refractivity contribution in [3.05, 3.63) is 47.8 Å². The SMILES string of the molecule is CCc1c(C(=O)OCc2nc3cc(S(=O)(=O)N(C)C)ccc3n2CC)cnc2ncnn12. The standard InChI is InChI=1S/C20H23N7O4S/c1-5-16-14(10-21-20-22-12-23-27(16)20)19(28)31-11-18-24-15-9-13(32(29,30)25(3)4)7-8-17(15)26(18)6-2/h7-10,12H,5-6,11H2,1-4H3. The Labute approximate surface area is 184 Å². The molecule has 4 aromatic rings. The van der Waals surface area contributed by atoms with Gasteiger partial charge in [-0.15, -0.1) is 0 Å². The molecule has 0 aliphatic heterocycles. The van der Waals surface area contributed by atoms with Gasteiger partial charge in [-0.2, -0.15) is 10.1 Å². The third-order valence-corrected chi connectivity index (χ3v) is 7.00. The maximum atomic E-state index is 12.8. The number of nitrogens with zero attached hydrogens (tertiary/aromatic N) is 7. The van der Waals surface area contributed by atoms with Crippen molar-refractivity contribution < 1.29 is 17.9 Å². The maximum Gasteiger partial charge on any atom is 0.342 e. The molecule has 0 atom stereocenters. The monoisotopic (exact) mass is 457 g/mol. The van der Waals surface area contributed by atoms with E-state index in [4.69, 9.17) is 4.74 Å². The molecule has 0 amide bonds. The summed E-state index contributed by atoms with van der Waals surface area (Å²) in [5.41, 5.74) is 2.24. The Morgan fingerprint density at radius 1 is 1.19 bits per heavy atom. The smallest absolute Gasteiger partial charge is 0.342 e. The molecule has 0 bridgehead atoms. The van der Waals surface area contributed by atoms with Crippen LogP contribution in [0.2, 0.25) is 0 Å². The van der Waals surface area contributed by atoms with Crippen molar-refractivity contribution in [2.75, 3.05) is 14.1 Å². The van der Waals surface area contributed by atoms with Crippen LogP contribution >= 0.6 is 0 Å². The van der Waals surface area contributed by atoms with Crippen LogP contribution in [-0.2, 0) is 34.3 Å². The molecule has 12 heteroatoms. The predicted octanol–water partition coefficient (Wildman–Crippen LogP) is 1.66. The van der Waals surface area contributed by atoms with Crippen LogP contribution in [0.1, 0.15) is 35.7 Å². The normalized spacial score (nSPS) is 12.2. The van der Waals surface area contributed by atoms with E-state index in [9.17, 15) is 13.2 Å². The largest absolute Gasteiger partial charge is 0.454 e. The highest BCUT2D eigenvalue weighted by molar-refractivity contribution is 7.89. The van der Waals surface area contributed by atoms with Crippen molar-refractivity contribution in [2.24, 2.45) is 0 Å². The molecule has 0 saturated carbocycles. The molecule has 0 saturated heterocycles. The van der Waals surface area contributed by atoms with E-state index in [-0.39, 0.29) is 11.5 Å². The van der Waals surface area contributed by atoms with E-state index in [1.807, 2.05) is 18.4 Å². The Hall–Kier alpha value is -3.38. The molecule has 0 radical (unpaired) electrons. The topological polar surface area (TPSA) is 125 Å². The van der Waals surface area contributed by atoms with E-state index >= 15 is 0 Å². The van der Waals surface area contributed by atoms with Gasteiger partial charge in [-0.25, -0.2) is 32.0 Å². The number of carbonyl (C=O) groups is 1. The van der Waals surface area contributed by atoms with Gasteiger partial charge < -0.3 is 9.30 Å². The van der Waals surface area contributed by atoms with Crippen LogP contribution in [0.15, 0.2) is 35.6 Å². The van der Waals surface area contributed by atoms with E-state index in [0.717, 1.165) is 9.82 Å². The van der Waals surface area contributed by atoms with Gasteiger partial charge in [-0.1, -0.05) is 6.92 Å². The van der Waals surface area contributed by atoms with Gasteiger partial charge >= 0.3 is 5.97 Å². The molecular weight excluding hydrogens is 434 g/mol. The number of aromatic nitrogens is 6. The van der Waals surface area contributed by atoms with Crippen LogP contribution < -0.4 is 0 Å². The van der Waals surface area contributed by atoms with Gasteiger partial charge in [0.2, 0.25) is 10.0 Å². The number of esters is 1. The van der Waals surface area contributed by atoms with Crippen LogP contribution in [-0.4, -0.2) is 61.9 Å². The molecule has 3 aromatic heterocycles. The Morgan fingerprint density at radius 2 is 1.97 bits per heavy atom. The number of ether oxygens (including phenoxy) is 1. The summed E-state index contributed by atoms with van der Waals surface area (Å²) in [6, 6.07) is 4.79. The van der Waals surface area contributed by atoms with Crippen molar-refractivity contribution in [1.82, 2.24) is 33.4 Å². The zero-order valence-electron chi connectivity index (χ0n) is 18.2. The number of aryl methyl sites for hydroxylation is 2. The van der Waals surface area contributed by atoms with Crippen LogP contribution in [0.25, 0.3) is 16.8 Å². The quantitative estimate of drug-likeness (QED) is 0.384. The maximum absolute atomic E-state index is 12.8. The van der Waals surface area contributed by atoms with E-state index in [0.29, 0.717) is 41.3 Å². The molecular formula is C20H23N7O4S. The lowest BCUT2D eigenvalue weighted by atomic mass is 10.2. The molecule has 0 aliphatic carbocycles. The van der Waals surface area contributed by atoms with Crippen molar-refractivity contribution in [1.29, 1.82) is 0 Å². The molecule has 168 valence electrons. The highest BCUT2D eigenvalue weighted by Crippen LogP contribution is 2.23. The molecule has 0 unspecified atom stereocenters. The highest BCUT2D eigenvalue weighted by Gasteiger charge is 2.21. The summed E-state index contributed by atoms with van der Waals surface area (Å²) in [7, 11) is -0.628. The average molecular weight is 458 g/mol. The fraction of sp³-hybridized carbons (Fsp3) is 0.350. The van der Waals surface area contributed by atoms with E-state index in [1.54, 1.807) is 12.1 Å². The van der Waals surface area contributed by atoms with Gasteiger partial charge in [0, 0.05) is 26.8 Å². The minimum Gasteiger partial charge on any atom is -0.454 e. The second-order valence-corrected chi connectivity index (χ2v) is 9.38. The first-order chi connectivity index (χ1) is 15.3. The third kappa shape index (κ3) is 3.60. The van der Waals surface area contributed by atoms with Crippen molar-refractivity contribution >= 4 is 32.8 Å². The van der Waals surface area contributed by atoms with Gasteiger partial charge in [0.05, 0.1) is 27.2 Å². The number of benzene rings is 1. The van der Waals surface area contributed by atoms with Crippen molar-refractivity contribution in [3.63, 3.8) is 0 Å². The second kappa shape index (κ2) is 8.28. The van der Waals surface area contributed by atoms with Crippen molar-refractivity contribution in [2.45, 2.75) is 38.3 Å². The number of fused-ring (bicyclic) bond motifs is 2. The summed E-state index contributed by atoms with van der Waals surface area (Å²) >= 11 is 0. The number of rotatable bonds is 7. The molecule has 1 aromatic carbocycles. The zero-order valence-corrected chi connectivity index (χ0v) is 19.0. The lowest BCUT2D eigenvalue weighted by molar-refractivity contribution is 0.0456. The van der Waals surface area contributed by atoms with Gasteiger partial charge in [0.15, 0.2) is 0 Å². The first-order valence-electron chi connectivity index (χ1n) is 10.0. The van der Waals surface area contributed by atoms with E-state index < -0.39 is 16.0 Å². The fourth-order valence-electron chi connectivity index (χ4n) is 3.54. The van der Waals surface area contributed by atoms with Gasteiger partial charge in [0.1, 0.15) is 18.8 Å². The first-order valence-corrected chi connectivity index (χ1v) is 11.5. The Balaban J connectivity index is 1.64. The number of imidazole rings is 1. The van der Waals surface area contributed by atoms with Crippen LogP contribution in [0, 0.1) is 0 Å². The fourth-order valence-corrected chi connectivity index (χ4v) is 4.46. The lowest BCUT2D eigenvalue weighted by Crippen LogP contribution is -2.22. The molecule has 4 rings (SSSR count). The molecule has 0 fully saturated rings. The van der Waals surface area contributed by atoms with E-state index in [1.165, 1.54) is 37.2 Å². The Bertz CT molecular complexity index is 1420. The Kier molecular flexibility index (Phi) is 5.65. The molecule has 3 heterocycles. The second-order valence-electron chi connectivity index (χ2n) is 7.23. The lowest BCUT2D eigenvalue weighted by Gasteiger charge is -2.11. The molecule has 32 heavy (non-hydrogen) atoms.